The molecule has 0 unspecified atom stereocenters. The number of carbonyl (C=O) groups excluding carboxylic acids is 2. The SMILES string of the molecule is CCN(CC)C(=O)[C@H](Cc1ccc(OCCN(C)C)cc1)NC(=O)c1ccccc1. The molecule has 0 bridgehead atoms. The van der Waals surface area contributed by atoms with Gasteiger partial charge in [-0.15, -0.1) is 0 Å². The first-order chi connectivity index (χ1) is 14.4. The van der Waals surface area contributed by atoms with Gasteiger partial charge in [0.15, 0.2) is 0 Å². The largest absolute Gasteiger partial charge is 0.492 e. The molecular weight excluding hydrogens is 378 g/mol. The van der Waals surface area contributed by atoms with Gasteiger partial charge in [0.2, 0.25) is 5.91 Å². The van der Waals surface area contributed by atoms with Crippen LogP contribution in [0.15, 0.2) is 54.6 Å². The van der Waals surface area contributed by atoms with Crippen LogP contribution in [0.3, 0.4) is 0 Å². The Kier molecular flexibility index (Phi) is 9.35. The molecule has 0 aromatic heterocycles. The van der Waals surface area contributed by atoms with E-state index >= 15 is 0 Å². The van der Waals surface area contributed by atoms with Crippen LogP contribution in [-0.2, 0) is 11.2 Å². The Morgan fingerprint density at radius 2 is 1.60 bits per heavy atom. The lowest BCUT2D eigenvalue weighted by molar-refractivity contribution is -0.132. The van der Waals surface area contributed by atoms with Crippen molar-refractivity contribution in [3.05, 3.63) is 65.7 Å². The van der Waals surface area contributed by atoms with Crippen molar-refractivity contribution in [3.63, 3.8) is 0 Å². The molecule has 0 fully saturated rings. The maximum absolute atomic E-state index is 13.0. The number of amides is 2. The van der Waals surface area contributed by atoms with E-state index in [1.54, 1.807) is 17.0 Å². The number of hydrogen-bond acceptors (Lipinski definition) is 4. The summed E-state index contributed by atoms with van der Waals surface area (Å²) in [6, 6.07) is 16.0. The molecule has 0 aliphatic heterocycles. The molecule has 0 aliphatic rings. The van der Waals surface area contributed by atoms with Crippen LogP contribution < -0.4 is 10.1 Å². The Labute approximate surface area is 179 Å². The topological polar surface area (TPSA) is 61.9 Å². The fourth-order valence-electron chi connectivity index (χ4n) is 3.09. The first kappa shape index (κ1) is 23.4. The van der Waals surface area contributed by atoms with Crippen molar-refractivity contribution < 1.29 is 14.3 Å². The zero-order chi connectivity index (χ0) is 21.9. The Morgan fingerprint density at radius 1 is 0.967 bits per heavy atom. The number of likely N-dealkylation sites (N-methyl/N-ethyl adjacent to an activating group) is 2. The maximum atomic E-state index is 13.0. The van der Waals surface area contributed by atoms with Crippen molar-refractivity contribution >= 4 is 11.8 Å². The van der Waals surface area contributed by atoms with Crippen molar-refractivity contribution in [3.8, 4) is 5.75 Å². The molecule has 2 rings (SSSR count). The van der Waals surface area contributed by atoms with E-state index in [1.807, 2.05) is 70.4 Å². The molecule has 1 atom stereocenters. The molecule has 0 radical (unpaired) electrons. The van der Waals surface area contributed by atoms with Gasteiger partial charge in [-0.1, -0.05) is 30.3 Å². The third-order valence-electron chi connectivity index (χ3n) is 4.88. The standard InChI is InChI=1S/C24H33N3O3/c1-5-27(6-2)24(29)22(25-23(28)20-10-8-7-9-11-20)18-19-12-14-21(15-13-19)30-17-16-26(3)4/h7-15,22H,5-6,16-18H2,1-4H3,(H,25,28)/t22-/m0/s1. The average molecular weight is 412 g/mol. The van der Waals surface area contributed by atoms with E-state index in [0.717, 1.165) is 17.9 Å². The second-order valence-electron chi connectivity index (χ2n) is 7.40. The van der Waals surface area contributed by atoms with Crippen molar-refractivity contribution in [2.24, 2.45) is 0 Å². The monoisotopic (exact) mass is 411 g/mol. The van der Waals surface area contributed by atoms with Crippen LogP contribution in [0.25, 0.3) is 0 Å². The van der Waals surface area contributed by atoms with E-state index in [2.05, 4.69) is 10.2 Å². The van der Waals surface area contributed by atoms with Gasteiger partial charge in [-0.05, 0) is 57.8 Å². The fourth-order valence-corrected chi connectivity index (χ4v) is 3.09. The predicted octanol–water partition coefficient (Wildman–Crippen LogP) is 2.84. The summed E-state index contributed by atoms with van der Waals surface area (Å²) in [7, 11) is 4.01. The van der Waals surface area contributed by atoms with Crippen molar-refractivity contribution in [1.82, 2.24) is 15.1 Å². The normalized spacial score (nSPS) is 11.8. The summed E-state index contributed by atoms with van der Waals surface area (Å²) in [4.78, 5) is 29.5. The Morgan fingerprint density at radius 3 is 2.17 bits per heavy atom. The molecule has 1 N–H and O–H groups in total. The quantitative estimate of drug-likeness (QED) is 0.618. The van der Waals surface area contributed by atoms with Gasteiger partial charge >= 0.3 is 0 Å². The van der Waals surface area contributed by atoms with Crippen molar-refractivity contribution in [2.75, 3.05) is 40.3 Å². The number of nitrogens with zero attached hydrogens (tertiary/aromatic N) is 2. The summed E-state index contributed by atoms with van der Waals surface area (Å²) in [5, 5.41) is 2.93. The van der Waals surface area contributed by atoms with Crippen molar-refractivity contribution in [1.29, 1.82) is 0 Å². The molecule has 0 saturated carbocycles. The van der Waals surface area contributed by atoms with E-state index < -0.39 is 6.04 Å². The molecule has 162 valence electrons. The lowest BCUT2D eigenvalue weighted by Gasteiger charge is -2.26. The molecule has 6 nitrogen and oxygen atoms in total. The Hall–Kier alpha value is -2.86. The van der Waals surface area contributed by atoms with Gasteiger partial charge in [-0.3, -0.25) is 9.59 Å². The van der Waals surface area contributed by atoms with E-state index in [1.165, 1.54) is 0 Å². The fraction of sp³-hybridized carbons (Fsp3) is 0.417. The third kappa shape index (κ3) is 7.19. The Bertz CT molecular complexity index is 787. The number of carbonyl (C=O) groups is 2. The van der Waals surface area contributed by atoms with Gasteiger partial charge in [0.25, 0.3) is 5.91 Å². The summed E-state index contributed by atoms with van der Waals surface area (Å²) >= 11 is 0. The second-order valence-corrected chi connectivity index (χ2v) is 7.40. The highest BCUT2D eigenvalue weighted by Gasteiger charge is 2.25. The van der Waals surface area contributed by atoms with Crippen molar-refractivity contribution in [2.45, 2.75) is 26.3 Å². The van der Waals surface area contributed by atoms with Crippen LogP contribution in [0, 0.1) is 0 Å². The predicted molar refractivity (Wildman–Crippen MR) is 120 cm³/mol. The highest BCUT2D eigenvalue weighted by molar-refractivity contribution is 5.97. The molecule has 2 aromatic carbocycles. The molecule has 2 aromatic rings. The van der Waals surface area contributed by atoms with Crippen LogP contribution in [0.1, 0.15) is 29.8 Å². The summed E-state index contributed by atoms with van der Waals surface area (Å²) in [5.41, 5.74) is 1.51. The van der Waals surface area contributed by atoms with E-state index in [4.69, 9.17) is 4.74 Å². The van der Waals surface area contributed by atoms with E-state index in [-0.39, 0.29) is 11.8 Å². The number of rotatable bonds is 11. The van der Waals surface area contributed by atoms with Gasteiger partial charge in [0.1, 0.15) is 18.4 Å². The molecule has 0 aliphatic carbocycles. The smallest absolute Gasteiger partial charge is 0.251 e. The molecule has 0 heterocycles. The van der Waals surface area contributed by atoms with Gasteiger partial charge in [0.05, 0.1) is 0 Å². The second kappa shape index (κ2) is 12.0. The lowest BCUT2D eigenvalue weighted by Crippen LogP contribution is -2.49. The zero-order valence-electron chi connectivity index (χ0n) is 18.4. The van der Waals surface area contributed by atoms with Crippen LogP contribution in [-0.4, -0.2) is 68.0 Å². The highest BCUT2D eigenvalue weighted by atomic mass is 16.5. The van der Waals surface area contributed by atoms with Gasteiger partial charge in [0, 0.05) is 31.6 Å². The summed E-state index contributed by atoms with van der Waals surface area (Å²) in [5.74, 6) is 0.473. The van der Waals surface area contributed by atoms with Crippen LogP contribution >= 0.6 is 0 Å². The zero-order valence-corrected chi connectivity index (χ0v) is 18.4. The van der Waals surface area contributed by atoms with Gasteiger partial charge in [-0.2, -0.15) is 0 Å². The number of ether oxygens (including phenoxy) is 1. The third-order valence-corrected chi connectivity index (χ3v) is 4.88. The minimum atomic E-state index is -0.627. The molecule has 0 spiro atoms. The molecule has 2 amide bonds. The minimum Gasteiger partial charge on any atom is -0.492 e. The summed E-state index contributed by atoms with van der Waals surface area (Å²) in [6.45, 7) is 6.54. The maximum Gasteiger partial charge on any atom is 0.251 e. The van der Waals surface area contributed by atoms with Gasteiger partial charge < -0.3 is 19.9 Å². The van der Waals surface area contributed by atoms with Crippen LogP contribution in [0.5, 0.6) is 5.75 Å². The minimum absolute atomic E-state index is 0.0735. The lowest BCUT2D eigenvalue weighted by atomic mass is 10.0. The van der Waals surface area contributed by atoms with Crippen LogP contribution in [0.2, 0.25) is 0 Å². The number of nitrogens with one attached hydrogen (secondary N) is 1. The van der Waals surface area contributed by atoms with Gasteiger partial charge in [-0.25, -0.2) is 0 Å². The highest BCUT2D eigenvalue weighted by Crippen LogP contribution is 2.15. The summed E-state index contributed by atoms with van der Waals surface area (Å²) in [6.07, 6.45) is 0.423. The first-order valence-corrected chi connectivity index (χ1v) is 10.5. The van der Waals surface area contributed by atoms with Crippen LogP contribution in [0.4, 0.5) is 0 Å². The molecular formula is C24H33N3O3. The number of benzene rings is 2. The summed E-state index contributed by atoms with van der Waals surface area (Å²) < 4.78 is 5.73. The molecule has 6 heteroatoms. The molecule has 30 heavy (non-hydrogen) atoms. The number of hydrogen-bond donors (Lipinski definition) is 1. The van der Waals surface area contributed by atoms with E-state index in [9.17, 15) is 9.59 Å². The van der Waals surface area contributed by atoms with E-state index in [0.29, 0.717) is 31.7 Å². The average Bonchev–Trinajstić information content (AvgIpc) is 2.75. The Balaban J connectivity index is 2.10. The first-order valence-electron chi connectivity index (χ1n) is 10.5. The molecule has 0 saturated heterocycles.